The molecule has 0 bridgehead atoms. The second kappa shape index (κ2) is 5.76. The highest BCUT2D eigenvalue weighted by Gasteiger charge is 2.55. The quantitative estimate of drug-likeness (QED) is 0.471. The van der Waals surface area contributed by atoms with Crippen LogP contribution in [0, 0.1) is 33.8 Å². The Morgan fingerprint density at radius 3 is 2.58 bits per heavy atom. The average Bonchev–Trinajstić information content (AvgIpc) is 3.26. The number of hydrogen-bond donors (Lipinski definition) is 0. The van der Waals surface area contributed by atoms with Crippen LogP contribution in [0.2, 0.25) is 0 Å². The summed E-state index contributed by atoms with van der Waals surface area (Å²) in [6.45, 7) is 0.833. The second-order valence-corrected chi connectivity index (χ2v) is 8.22. The van der Waals surface area contributed by atoms with Crippen molar-refractivity contribution in [2.45, 2.75) is 24.2 Å². The van der Waals surface area contributed by atoms with Crippen LogP contribution < -0.4 is 4.74 Å². The van der Waals surface area contributed by atoms with Crippen LogP contribution in [0.25, 0.3) is 0 Å². The van der Waals surface area contributed by atoms with Gasteiger partial charge in [0.25, 0.3) is 0 Å². The zero-order valence-corrected chi connectivity index (χ0v) is 14.1. The van der Waals surface area contributed by atoms with E-state index >= 15 is 0 Å². The molecule has 1 saturated carbocycles. The number of piperidine rings is 1. The molecule has 8 heteroatoms. The molecule has 3 rings (SSSR count). The molecule has 24 heavy (non-hydrogen) atoms. The molecule has 1 spiro atoms. The largest absolute Gasteiger partial charge is 0.490 e. The van der Waals surface area contributed by atoms with Crippen LogP contribution in [0.5, 0.6) is 5.75 Å². The van der Waals surface area contributed by atoms with Crippen LogP contribution in [0.1, 0.15) is 19.3 Å². The average molecular weight is 350 g/mol. The zero-order chi connectivity index (χ0) is 17.5. The first-order valence-electron chi connectivity index (χ1n) is 7.63. The Bertz CT molecular complexity index is 819. The fraction of sp³-hybridized carbons (Fsp3) is 0.500. The molecule has 1 aliphatic heterocycles. The molecule has 0 radical (unpaired) electrons. The van der Waals surface area contributed by atoms with Crippen molar-refractivity contribution >= 4 is 15.7 Å². The van der Waals surface area contributed by atoms with Crippen LogP contribution in [0.4, 0.5) is 5.69 Å². The number of nitro benzene ring substituents is 1. The summed E-state index contributed by atoms with van der Waals surface area (Å²) in [5, 5.41) is 10.9. The summed E-state index contributed by atoms with van der Waals surface area (Å²) in [5.41, 5.74) is -0.141. The van der Waals surface area contributed by atoms with Gasteiger partial charge in [-0.25, -0.2) is 8.42 Å². The Hall–Kier alpha value is -2.11. The first-order valence-corrected chi connectivity index (χ1v) is 9.07. The number of benzene rings is 1. The van der Waals surface area contributed by atoms with Gasteiger partial charge in [-0.2, -0.15) is 4.31 Å². The van der Waals surface area contributed by atoms with Gasteiger partial charge in [-0.15, -0.1) is 12.3 Å². The van der Waals surface area contributed by atoms with E-state index in [1.165, 1.54) is 23.5 Å². The summed E-state index contributed by atoms with van der Waals surface area (Å²) in [7, 11) is -2.43. The second-order valence-electron chi connectivity index (χ2n) is 6.28. The third-order valence-corrected chi connectivity index (χ3v) is 6.99. The minimum Gasteiger partial charge on any atom is -0.490 e. The molecule has 7 nitrogen and oxygen atoms in total. The van der Waals surface area contributed by atoms with Gasteiger partial charge < -0.3 is 4.74 Å². The summed E-state index contributed by atoms with van der Waals surface area (Å²) >= 11 is 0. The molecule has 1 heterocycles. The van der Waals surface area contributed by atoms with Crippen molar-refractivity contribution in [2.75, 3.05) is 20.2 Å². The first kappa shape index (κ1) is 16.7. The van der Waals surface area contributed by atoms with Gasteiger partial charge in [0.05, 0.1) is 16.9 Å². The van der Waals surface area contributed by atoms with Gasteiger partial charge in [0.2, 0.25) is 10.0 Å². The lowest BCUT2D eigenvalue weighted by Crippen LogP contribution is -2.39. The molecule has 1 aromatic rings. The summed E-state index contributed by atoms with van der Waals surface area (Å²) in [5.74, 6) is 2.97. The maximum absolute atomic E-state index is 12.8. The van der Waals surface area contributed by atoms with Crippen molar-refractivity contribution in [3.63, 3.8) is 0 Å². The van der Waals surface area contributed by atoms with Crippen LogP contribution >= 0.6 is 0 Å². The summed E-state index contributed by atoms with van der Waals surface area (Å²) in [6, 6.07) is 3.62. The fourth-order valence-electron chi connectivity index (χ4n) is 3.43. The van der Waals surface area contributed by atoms with Crippen molar-refractivity contribution in [3.05, 3.63) is 28.3 Å². The van der Waals surface area contributed by atoms with E-state index < -0.39 is 14.9 Å². The molecular formula is C16H18N2O5S. The number of nitrogens with zero attached hydrogens (tertiary/aromatic N) is 2. The van der Waals surface area contributed by atoms with Crippen molar-refractivity contribution in [1.29, 1.82) is 0 Å². The molecule has 0 aromatic heterocycles. The van der Waals surface area contributed by atoms with Crippen LogP contribution in [0.3, 0.4) is 0 Å². The molecule has 1 unspecified atom stereocenters. The zero-order valence-electron chi connectivity index (χ0n) is 13.3. The number of sulfonamides is 1. The maximum atomic E-state index is 12.8. The van der Waals surface area contributed by atoms with Crippen molar-refractivity contribution in [3.8, 4) is 18.1 Å². The van der Waals surface area contributed by atoms with E-state index in [0.29, 0.717) is 13.1 Å². The van der Waals surface area contributed by atoms with Crippen molar-refractivity contribution in [2.24, 2.45) is 11.3 Å². The highest BCUT2D eigenvalue weighted by Crippen LogP contribution is 2.59. The van der Waals surface area contributed by atoms with Gasteiger partial charge in [0.1, 0.15) is 0 Å². The lowest BCUT2D eigenvalue weighted by molar-refractivity contribution is -0.385. The number of methoxy groups -OCH3 is 1. The first-order chi connectivity index (χ1) is 11.3. The Kier molecular flexibility index (Phi) is 4.01. The topological polar surface area (TPSA) is 89.8 Å². The van der Waals surface area contributed by atoms with Crippen molar-refractivity contribution < 1.29 is 18.1 Å². The molecule has 2 fully saturated rings. The molecule has 1 aliphatic carbocycles. The van der Waals surface area contributed by atoms with Crippen LogP contribution in [0.15, 0.2) is 23.1 Å². The Morgan fingerprint density at radius 1 is 1.42 bits per heavy atom. The standard InChI is InChI=1S/C16H18N2O5S/c1-3-12-11-16(12)6-8-17(9-7-16)24(21,22)13-4-5-14(18(19)20)15(10-13)23-2/h1,4-5,10,12H,6-9,11H2,2H3. The molecule has 128 valence electrons. The number of hydrogen-bond acceptors (Lipinski definition) is 5. The highest BCUT2D eigenvalue weighted by atomic mass is 32.2. The van der Waals surface area contributed by atoms with Crippen LogP contribution in [-0.4, -0.2) is 37.8 Å². The summed E-state index contributed by atoms with van der Waals surface area (Å²) in [6.07, 6.45) is 7.96. The summed E-state index contributed by atoms with van der Waals surface area (Å²) in [4.78, 5) is 10.3. The van der Waals surface area contributed by atoms with Gasteiger partial charge in [0, 0.05) is 31.1 Å². The smallest absolute Gasteiger partial charge is 0.310 e. The molecule has 2 aliphatic rings. The minimum absolute atomic E-state index is 0.00481. The molecular weight excluding hydrogens is 332 g/mol. The monoisotopic (exact) mass is 350 g/mol. The molecule has 0 amide bonds. The van der Waals surface area contributed by atoms with Crippen molar-refractivity contribution in [1.82, 2.24) is 4.31 Å². The molecule has 1 saturated heterocycles. The van der Waals surface area contributed by atoms with Gasteiger partial charge in [-0.1, -0.05) is 0 Å². The highest BCUT2D eigenvalue weighted by molar-refractivity contribution is 7.89. The van der Waals surface area contributed by atoms with Gasteiger partial charge in [-0.3, -0.25) is 10.1 Å². The van der Waals surface area contributed by atoms with E-state index in [4.69, 9.17) is 11.2 Å². The van der Waals surface area contributed by atoms with E-state index in [-0.39, 0.29) is 27.7 Å². The Balaban J connectivity index is 1.82. The number of ether oxygens (including phenoxy) is 1. The van der Waals surface area contributed by atoms with E-state index in [2.05, 4.69) is 5.92 Å². The van der Waals surface area contributed by atoms with E-state index in [1.54, 1.807) is 0 Å². The lowest BCUT2D eigenvalue weighted by Gasteiger charge is -2.31. The normalized spacial score (nSPS) is 22.8. The van der Waals surface area contributed by atoms with Crippen LogP contribution in [-0.2, 0) is 10.0 Å². The Labute approximate surface area is 140 Å². The molecule has 1 aromatic carbocycles. The van der Waals surface area contributed by atoms with E-state index in [1.807, 2.05) is 0 Å². The third kappa shape index (κ3) is 2.64. The maximum Gasteiger partial charge on any atom is 0.310 e. The SMILES string of the molecule is C#CC1CC12CCN(S(=O)(=O)c1ccc([N+](=O)[O-])c(OC)c1)CC2. The fourth-order valence-corrected chi connectivity index (χ4v) is 4.88. The molecule has 1 atom stereocenters. The summed E-state index contributed by atoms with van der Waals surface area (Å²) < 4.78 is 31.9. The predicted octanol–water partition coefficient (Wildman–Crippen LogP) is 2.03. The van der Waals surface area contributed by atoms with E-state index in [0.717, 1.165) is 25.3 Å². The number of terminal acetylenes is 1. The third-order valence-electron chi connectivity index (χ3n) is 5.09. The van der Waals surface area contributed by atoms with Gasteiger partial charge in [-0.05, 0) is 30.7 Å². The van der Waals surface area contributed by atoms with Gasteiger partial charge >= 0.3 is 5.69 Å². The Morgan fingerprint density at radius 2 is 2.08 bits per heavy atom. The molecule has 0 N–H and O–H groups in total. The minimum atomic E-state index is -3.70. The predicted molar refractivity (Wildman–Crippen MR) is 87.0 cm³/mol. The number of nitro groups is 1. The van der Waals surface area contributed by atoms with Gasteiger partial charge in [0.15, 0.2) is 5.75 Å². The number of rotatable bonds is 4. The lowest BCUT2D eigenvalue weighted by atomic mass is 9.92. The van der Waals surface area contributed by atoms with E-state index in [9.17, 15) is 18.5 Å².